The SMILES string of the molecule is Cc1ccccc1C1c2ccccc2C(C)c2c(OS(=O)(=O)C(F)(F)F)c(C)cc(C#N)c21. The maximum absolute atomic E-state index is 13.2. The number of alkyl halides is 3. The number of fused-ring (bicyclic) bond motifs is 2. The third kappa shape index (κ3) is 3.66. The fourth-order valence-corrected chi connectivity index (χ4v) is 5.19. The average Bonchev–Trinajstić information content (AvgIpc) is 2.75. The highest BCUT2D eigenvalue weighted by Crippen LogP contribution is 2.52. The third-order valence-electron chi connectivity index (χ3n) is 6.14. The molecule has 0 bridgehead atoms. The summed E-state index contributed by atoms with van der Waals surface area (Å²) < 4.78 is 68.2. The van der Waals surface area contributed by atoms with E-state index in [2.05, 4.69) is 6.07 Å². The predicted octanol–water partition coefficient (Wildman–Crippen LogP) is 6.05. The molecule has 33 heavy (non-hydrogen) atoms. The molecular weight excluding hydrogens is 451 g/mol. The van der Waals surface area contributed by atoms with E-state index in [9.17, 15) is 26.9 Å². The lowest BCUT2D eigenvalue weighted by Crippen LogP contribution is -2.30. The van der Waals surface area contributed by atoms with Gasteiger partial charge < -0.3 is 4.18 Å². The number of hydrogen-bond acceptors (Lipinski definition) is 4. The molecule has 0 spiro atoms. The van der Waals surface area contributed by atoms with Gasteiger partial charge in [-0.05, 0) is 53.3 Å². The van der Waals surface area contributed by atoms with Crippen LogP contribution in [-0.2, 0) is 10.1 Å². The van der Waals surface area contributed by atoms with Crippen LogP contribution in [0.3, 0.4) is 0 Å². The first-order valence-electron chi connectivity index (χ1n) is 10.2. The molecule has 3 aromatic rings. The van der Waals surface area contributed by atoms with Gasteiger partial charge in [0.05, 0.1) is 11.6 Å². The van der Waals surface area contributed by atoms with Crippen molar-refractivity contribution in [3.8, 4) is 11.8 Å². The summed E-state index contributed by atoms with van der Waals surface area (Å²) >= 11 is 0. The Morgan fingerprint density at radius 2 is 1.48 bits per heavy atom. The van der Waals surface area contributed by atoms with Gasteiger partial charge in [0.2, 0.25) is 0 Å². The molecular formula is C25H20F3NO3S. The number of nitriles is 1. The quantitative estimate of drug-likeness (QED) is 0.345. The molecule has 0 fully saturated rings. The highest BCUT2D eigenvalue weighted by molar-refractivity contribution is 7.88. The van der Waals surface area contributed by atoms with Crippen molar-refractivity contribution >= 4 is 10.1 Å². The monoisotopic (exact) mass is 471 g/mol. The smallest absolute Gasteiger partial charge is 0.375 e. The predicted molar refractivity (Wildman–Crippen MR) is 118 cm³/mol. The highest BCUT2D eigenvalue weighted by atomic mass is 32.2. The van der Waals surface area contributed by atoms with Gasteiger partial charge in [-0.3, -0.25) is 0 Å². The van der Waals surface area contributed by atoms with Crippen LogP contribution in [0.15, 0.2) is 54.6 Å². The van der Waals surface area contributed by atoms with E-state index in [1.165, 1.54) is 13.0 Å². The normalized spacial score (nSPS) is 17.6. The maximum Gasteiger partial charge on any atom is 0.534 e. The molecule has 0 aliphatic heterocycles. The standard InChI is InChI=1S/C25H20F3NO3S/c1-14-8-4-5-9-18(14)23-20-11-7-6-10-19(20)16(3)21-22(23)17(13-29)12-15(2)24(21)32-33(30,31)25(26,27)28/h4-12,16,23H,1-3H3. The topological polar surface area (TPSA) is 67.2 Å². The van der Waals surface area contributed by atoms with Crippen LogP contribution < -0.4 is 4.18 Å². The fourth-order valence-electron chi connectivity index (χ4n) is 4.65. The van der Waals surface area contributed by atoms with Gasteiger partial charge in [0.15, 0.2) is 0 Å². The van der Waals surface area contributed by atoms with Gasteiger partial charge in [-0.15, -0.1) is 0 Å². The van der Waals surface area contributed by atoms with Gasteiger partial charge in [0.25, 0.3) is 0 Å². The molecule has 1 aliphatic carbocycles. The van der Waals surface area contributed by atoms with Gasteiger partial charge >= 0.3 is 15.6 Å². The molecule has 0 aromatic heterocycles. The van der Waals surface area contributed by atoms with E-state index in [1.54, 1.807) is 6.92 Å². The lowest BCUT2D eigenvalue weighted by Gasteiger charge is -2.36. The minimum Gasteiger partial charge on any atom is -0.375 e. The Balaban J connectivity index is 2.11. The number of hydrogen-bond donors (Lipinski definition) is 0. The van der Waals surface area contributed by atoms with Crippen molar-refractivity contribution < 1.29 is 25.8 Å². The van der Waals surface area contributed by atoms with Gasteiger partial charge in [-0.25, -0.2) is 0 Å². The number of halogens is 3. The molecule has 1 aliphatic rings. The Labute approximate surface area is 190 Å². The van der Waals surface area contributed by atoms with Crippen LogP contribution in [0, 0.1) is 25.2 Å². The van der Waals surface area contributed by atoms with Gasteiger partial charge in [-0.1, -0.05) is 55.5 Å². The average molecular weight is 472 g/mol. The maximum atomic E-state index is 13.2. The molecule has 0 heterocycles. The molecule has 8 heteroatoms. The number of rotatable bonds is 3. The lowest BCUT2D eigenvalue weighted by molar-refractivity contribution is -0.0500. The van der Waals surface area contributed by atoms with Gasteiger partial charge in [0, 0.05) is 17.4 Å². The zero-order chi connectivity index (χ0) is 24.1. The minimum atomic E-state index is -5.90. The summed E-state index contributed by atoms with van der Waals surface area (Å²) in [6, 6.07) is 18.6. The lowest BCUT2D eigenvalue weighted by atomic mass is 9.68. The Bertz CT molecular complexity index is 1410. The molecule has 4 nitrogen and oxygen atoms in total. The van der Waals surface area contributed by atoms with E-state index in [1.807, 2.05) is 55.5 Å². The van der Waals surface area contributed by atoms with E-state index in [4.69, 9.17) is 4.18 Å². The van der Waals surface area contributed by atoms with E-state index >= 15 is 0 Å². The number of aryl methyl sites for hydroxylation is 2. The van der Waals surface area contributed by atoms with Crippen LogP contribution in [0.1, 0.15) is 63.3 Å². The Morgan fingerprint density at radius 1 is 0.909 bits per heavy atom. The molecule has 170 valence electrons. The van der Waals surface area contributed by atoms with Gasteiger partial charge in [-0.2, -0.15) is 26.9 Å². The molecule has 4 rings (SSSR count). The summed E-state index contributed by atoms with van der Waals surface area (Å²) in [5.74, 6) is -1.34. The van der Waals surface area contributed by atoms with E-state index in [0.717, 1.165) is 22.3 Å². The van der Waals surface area contributed by atoms with Crippen molar-refractivity contribution in [3.05, 3.63) is 99.1 Å². The third-order valence-corrected chi connectivity index (χ3v) is 7.09. The zero-order valence-corrected chi connectivity index (χ0v) is 18.9. The summed E-state index contributed by atoms with van der Waals surface area (Å²) in [7, 11) is -5.90. The first kappa shape index (κ1) is 22.9. The van der Waals surface area contributed by atoms with Crippen LogP contribution in [0.4, 0.5) is 13.2 Å². The highest BCUT2D eigenvalue weighted by Gasteiger charge is 2.49. The fraction of sp³-hybridized carbons (Fsp3) is 0.240. The van der Waals surface area contributed by atoms with E-state index in [0.29, 0.717) is 5.56 Å². The molecule has 3 aromatic carbocycles. The summed E-state index contributed by atoms with van der Waals surface area (Å²) in [5, 5.41) is 9.95. The summed E-state index contributed by atoms with van der Waals surface area (Å²) in [6.45, 7) is 5.14. The minimum absolute atomic E-state index is 0.146. The van der Waals surface area contributed by atoms with Crippen LogP contribution in [-0.4, -0.2) is 13.9 Å². The molecule has 0 radical (unpaired) electrons. The number of nitrogens with zero attached hydrogens (tertiary/aromatic N) is 1. The first-order valence-corrected chi connectivity index (χ1v) is 11.6. The Hall–Kier alpha value is -3.31. The van der Waals surface area contributed by atoms with Gasteiger partial charge in [0.1, 0.15) is 5.75 Å². The van der Waals surface area contributed by atoms with Crippen LogP contribution in [0.25, 0.3) is 0 Å². The second kappa shape index (κ2) is 7.92. The van der Waals surface area contributed by atoms with Crippen molar-refractivity contribution in [2.24, 2.45) is 0 Å². The molecule has 0 amide bonds. The Kier molecular flexibility index (Phi) is 5.49. The molecule has 2 unspecified atom stereocenters. The van der Waals surface area contributed by atoms with E-state index < -0.39 is 27.5 Å². The van der Waals surface area contributed by atoms with Crippen molar-refractivity contribution in [3.63, 3.8) is 0 Å². The second-order valence-electron chi connectivity index (χ2n) is 8.13. The molecule has 2 atom stereocenters. The molecule has 0 saturated heterocycles. The summed E-state index contributed by atoms with van der Waals surface area (Å²) in [4.78, 5) is 0. The van der Waals surface area contributed by atoms with Crippen molar-refractivity contribution in [1.29, 1.82) is 5.26 Å². The Morgan fingerprint density at radius 3 is 2.06 bits per heavy atom. The first-order chi connectivity index (χ1) is 15.5. The van der Waals surface area contributed by atoms with Crippen LogP contribution in [0.5, 0.6) is 5.75 Å². The van der Waals surface area contributed by atoms with Crippen LogP contribution in [0.2, 0.25) is 0 Å². The zero-order valence-electron chi connectivity index (χ0n) is 18.1. The van der Waals surface area contributed by atoms with Crippen molar-refractivity contribution in [1.82, 2.24) is 0 Å². The van der Waals surface area contributed by atoms with Crippen LogP contribution >= 0.6 is 0 Å². The molecule has 0 N–H and O–H groups in total. The largest absolute Gasteiger partial charge is 0.534 e. The summed E-state index contributed by atoms with van der Waals surface area (Å²) in [5.41, 5.74) is -0.843. The van der Waals surface area contributed by atoms with Crippen molar-refractivity contribution in [2.75, 3.05) is 0 Å². The summed E-state index contributed by atoms with van der Waals surface area (Å²) in [6.07, 6.45) is 0. The molecule has 0 saturated carbocycles. The second-order valence-corrected chi connectivity index (χ2v) is 9.67. The van der Waals surface area contributed by atoms with Crippen molar-refractivity contribution in [2.45, 2.75) is 38.1 Å². The van der Waals surface area contributed by atoms with E-state index in [-0.39, 0.29) is 22.4 Å². The number of benzene rings is 3.